The normalized spacial score (nSPS) is 25.4. The number of carbonyl (C=O) groups is 2. The van der Waals surface area contributed by atoms with Gasteiger partial charge >= 0.3 is 6.09 Å². The van der Waals surface area contributed by atoms with Gasteiger partial charge in [-0.05, 0) is 23.5 Å². The Morgan fingerprint density at radius 3 is 2.18 bits per heavy atom. The van der Waals surface area contributed by atoms with Crippen LogP contribution in [-0.4, -0.2) is 54.2 Å². The summed E-state index contributed by atoms with van der Waals surface area (Å²) in [5, 5.41) is 0. The number of β-lactam (4-membered cyclic amide) rings is 1. The number of likely N-dealkylation sites (tertiary alicyclic amines) is 1. The fourth-order valence-electron chi connectivity index (χ4n) is 5.42. The van der Waals surface area contributed by atoms with Crippen molar-refractivity contribution in [3.63, 3.8) is 0 Å². The molecule has 33 heavy (non-hydrogen) atoms. The third kappa shape index (κ3) is 4.45. The van der Waals surface area contributed by atoms with Gasteiger partial charge in [-0.3, -0.25) is 9.69 Å². The van der Waals surface area contributed by atoms with Gasteiger partial charge in [0.2, 0.25) is 0 Å². The summed E-state index contributed by atoms with van der Waals surface area (Å²) in [4.78, 5) is 31.3. The molecule has 5 nitrogen and oxygen atoms in total. The number of ether oxygens (including phenoxy) is 1. The van der Waals surface area contributed by atoms with Gasteiger partial charge in [-0.25, -0.2) is 4.79 Å². The fourth-order valence-corrected chi connectivity index (χ4v) is 6.80. The summed E-state index contributed by atoms with van der Waals surface area (Å²) >= 11 is 0. The zero-order valence-corrected chi connectivity index (χ0v) is 21.5. The van der Waals surface area contributed by atoms with E-state index in [4.69, 9.17) is 4.74 Å². The Kier molecular flexibility index (Phi) is 6.40. The van der Waals surface area contributed by atoms with Gasteiger partial charge in [0.25, 0.3) is 5.91 Å². The van der Waals surface area contributed by atoms with E-state index in [1.165, 1.54) is 0 Å². The molecule has 6 heteroatoms. The van der Waals surface area contributed by atoms with E-state index in [1.54, 1.807) is 4.90 Å². The van der Waals surface area contributed by atoms with Gasteiger partial charge in [0.15, 0.2) is 0 Å². The SMILES string of the molecule is CC(C)C[C@H]1N(C[Si](C)(C)C)C(=O)[C@@]1(Cc1ccccc1)N1C(=O)OC[C@@H]1c1ccccc1. The minimum atomic E-state index is -1.55. The summed E-state index contributed by atoms with van der Waals surface area (Å²) in [5.41, 5.74) is 1.15. The molecule has 3 atom stereocenters. The van der Waals surface area contributed by atoms with Gasteiger partial charge in [0.05, 0.1) is 20.2 Å². The standard InChI is InChI=1S/C27H36N2O3Si/c1-20(2)16-24-27(17-21-12-8-6-9-13-21,25(30)28(24)19-33(3,4)5)29-23(18-32-26(29)31)22-14-10-7-11-15-22/h6-15,20,23-24H,16-19H2,1-5H3/t23-,24-,27+/m1/s1. The second-order valence-electron chi connectivity index (χ2n) is 11.1. The van der Waals surface area contributed by atoms with E-state index in [9.17, 15) is 9.59 Å². The summed E-state index contributed by atoms with van der Waals surface area (Å²) in [5.74, 6) is 0.468. The third-order valence-electron chi connectivity index (χ3n) is 6.70. The van der Waals surface area contributed by atoms with Crippen molar-refractivity contribution in [2.24, 2.45) is 5.92 Å². The zero-order chi connectivity index (χ0) is 23.8. The largest absolute Gasteiger partial charge is 0.447 e. The van der Waals surface area contributed by atoms with Crippen molar-refractivity contribution in [3.05, 3.63) is 71.8 Å². The van der Waals surface area contributed by atoms with Gasteiger partial charge in [0, 0.05) is 12.6 Å². The summed E-state index contributed by atoms with van der Waals surface area (Å²) in [6, 6.07) is 19.8. The van der Waals surface area contributed by atoms with Crippen LogP contribution < -0.4 is 0 Å². The molecule has 0 saturated carbocycles. The Hall–Kier alpha value is -2.60. The molecule has 0 N–H and O–H groups in total. The number of benzene rings is 2. The fraction of sp³-hybridized carbons (Fsp3) is 0.481. The Bertz CT molecular complexity index is 989. The quantitative estimate of drug-likeness (QED) is 0.394. The lowest BCUT2D eigenvalue weighted by molar-refractivity contribution is -0.175. The number of nitrogens with zero attached hydrogens (tertiary/aromatic N) is 2. The summed E-state index contributed by atoms with van der Waals surface area (Å²) in [6.45, 7) is 11.5. The molecule has 2 heterocycles. The lowest BCUT2D eigenvalue weighted by atomic mass is 9.69. The first-order chi connectivity index (χ1) is 15.6. The first kappa shape index (κ1) is 23.6. The highest BCUT2D eigenvalue weighted by molar-refractivity contribution is 6.76. The molecule has 2 amide bonds. The molecule has 2 aromatic carbocycles. The lowest BCUT2D eigenvalue weighted by Crippen LogP contribution is -2.82. The van der Waals surface area contributed by atoms with Crippen LogP contribution in [0.1, 0.15) is 37.4 Å². The highest BCUT2D eigenvalue weighted by Crippen LogP contribution is 2.48. The molecule has 176 valence electrons. The van der Waals surface area contributed by atoms with Gasteiger partial charge in [-0.15, -0.1) is 0 Å². The molecule has 0 aliphatic carbocycles. The van der Waals surface area contributed by atoms with Crippen LogP contribution in [0.25, 0.3) is 0 Å². The molecule has 0 spiro atoms. The van der Waals surface area contributed by atoms with Crippen LogP contribution >= 0.6 is 0 Å². The molecular formula is C27H36N2O3Si. The monoisotopic (exact) mass is 464 g/mol. The average Bonchev–Trinajstić information content (AvgIpc) is 3.16. The number of carbonyl (C=O) groups excluding carboxylic acids is 2. The first-order valence-corrected chi connectivity index (χ1v) is 15.7. The van der Waals surface area contributed by atoms with Gasteiger partial charge < -0.3 is 9.64 Å². The van der Waals surface area contributed by atoms with Gasteiger partial charge in [0.1, 0.15) is 12.1 Å². The molecule has 0 radical (unpaired) electrons. The van der Waals surface area contributed by atoms with Crippen molar-refractivity contribution in [1.29, 1.82) is 0 Å². The predicted octanol–water partition coefficient (Wildman–Crippen LogP) is 5.30. The van der Waals surface area contributed by atoms with E-state index in [2.05, 4.69) is 50.5 Å². The summed E-state index contributed by atoms with van der Waals surface area (Å²) < 4.78 is 5.61. The molecule has 0 aromatic heterocycles. The minimum absolute atomic E-state index is 0.0335. The highest BCUT2D eigenvalue weighted by Gasteiger charge is 2.67. The third-order valence-corrected chi connectivity index (χ3v) is 7.99. The van der Waals surface area contributed by atoms with Crippen molar-refractivity contribution in [1.82, 2.24) is 9.80 Å². The topological polar surface area (TPSA) is 49.9 Å². The number of hydrogen-bond acceptors (Lipinski definition) is 3. The lowest BCUT2D eigenvalue weighted by Gasteiger charge is -2.61. The van der Waals surface area contributed by atoms with E-state index >= 15 is 0 Å². The van der Waals surface area contributed by atoms with Crippen molar-refractivity contribution in [2.75, 3.05) is 12.8 Å². The average molecular weight is 465 g/mol. The van der Waals surface area contributed by atoms with Crippen LogP contribution in [0.2, 0.25) is 19.6 Å². The number of amides is 2. The first-order valence-electron chi connectivity index (χ1n) is 12.0. The Morgan fingerprint density at radius 1 is 1.00 bits per heavy atom. The predicted molar refractivity (Wildman–Crippen MR) is 134 cm³/mol. The second kappa shape index (κ2) is 8.97. The molecule has 4 rings (SSSR count). The van der Waals surface area contributed by atoms with Crippen molar-refractivity contribution >= 4 is 20.1 Å². The highest BCUT2D eigenvalue weighted by atomic mass is 28.3. The van der Waals surface area contributed by atoms with Crippen molar-refractivity contribution in [3.8, 4) is 0 Å². The molecule has 2 saturated heterocycles. The number of rotatable bonds is 8. The smallest absolute Gasteiger partial charge is 0.411 e. The van der Waals surface area contributed by atoms with Crippen molar-refractivity contribution in [2.45, 2.75) is 64.0 Å². The number of cyclic esters (lactones) is 1. The second-order valence-corrected chi connectivity index (χ2v) is 16.5. The van der Waals surface area contributed by atoms with Crippen LogP contribution in [-0.2, 0) is 16.0 Å². The van der Waals surface area contributed by atoms with E-state index in [0.29, 0.717) is 12.3 Å². The molecule has 2 aliphatic rings. The Morgan fingerprint density at radius 2 is 1.61 bits per heavy atom. The molecule has 2 aromatic rings. The minimum Gasteiger partial charge on any atom is -0.447 e. The number of hydrogen-bond donors (Lipinski definition) is 0. The van der Waals surface area contributed by atoms with Crippen molar-refractivity contribution < 1.29 is 14.3 Å². The van der Waals surface area contributed by atoms with Gasteiger partial charge in [-0.2, -0.15) is 0 Å². The van der Waals surface area contributed by atoms with Crippen LogP contribution in [0, 0.1) is 5.92 Å². The molecule has 0 unspecified atom stereocenters. The maximum absolute atomic E-state index is 14.2. The zero-order valence-electron chi connectivity index (χ0n) is 20.5. The molecular weight excluding hydrogens is 428 g/mol. The molecule has 2 aliphatic heterocycles. The van der Waals surface area contributed by atoms with Crippen LogP contribution in [0.3, 0.4) is 0 Å². The summed E-state index contributed by atoms with van der Waals surface area (Å²) in [6.07, 6.45) is 1.78. The van der Waals surface area contributed by atoms with E-state index in [-0.39, 0.29) is 30.7 Å². The van der Waals surface area contributed by atoms with Gasteiger partial charge in [-0.1, -0.05) is 94.2 Å². The van der Waals surface area contributed by atoms with E-state index < -0.39 is 13.6 Å². The Labute approximate surface area is 198 Å². The van der Waals surface area contributed by atoms with E-state index in [1.807, 2.05) is 48.5 Å². The van der Waals surface area contributed by atoms with Crippen LogP contribution in [0.15, 0.2) is 60.7 Å². The maximum atomic E-state index is 14.2. The molecule has 2 fully saturated rings. The Balaban J connectivity index is 1.83. The molecule has 0 bridgehead atoms. The maximum Gasteiger partial charge on any atom is 0.411 e. The van der Waals surface area contributed by atoms with E-state index in [0.717, 1.165) is 23.7 Å². The summed E-state index contributed by atoms with van der Waals surface area (Å²) in [7, 11) is -1.55. The van der Waals surface area contributed by atoms with Crippen LogP contribution in [0.5, 0.6) is 0 Å². The van der Waals surface area contributed by atoms with Crippen LogP contribution in [0.4, 0.5) is 4.79 Å².